The minimum Gasteiger partial charge on any atom is -0.490 e. The molecular weight excluding hydrogens is 308 g/mol. The number of Topliss-reactive ketones (excluding diaryl/α,β-unsaturated/α-hetero) is 1. The van der Waals surface area contributed by atoms with Crippen LogP contribution in [-0.4, -0.2) is 16.9 Å². The summed E-state index contributed by atoms with van der Waals surface area (Å²) in [6.07, 6.45) is 6.55. The quantitative estimate of drug-likeness (QED) is 0.774. The van der Waals surface area contributed by atoms with Crippen LogP contribution in [0.5, 0.6) is 5.75 Å². The van der Waals surface area contributed by atoms with Crippen LogP contribution in [0.25, 0.3) is 0 Å². The number of carbonyl (C=O) groups excluding carboxylic acids is 1. The van der Waals surface area contributed by atoms with E-state index in [-0.39, 0.29) is 5.78 Å². The van der Waals surface area contributed by atoms with Crippen LogP contribution in [0.4, 0.5) is 10.8 Å². The number of nitrogens with one attached hydrogen (secondary N) is 1. The fourth-order valence-electron chi connectivity index (χ4n) is 2.89. The van der Waals surface area contributed by atoms with Crippen molar-refractivity contribution in [2.24, 2.45) is 0 Å². The molecule has 2 aromatic rings. The Bertz CT molecular complexity index is 673. The van der Waals surface area contributed by atoms with Crippen molar-refractivity contribution in [1.29, 1.82) is 0 Å². The Morgan fingerprint density at radius 3 is 2.52 bits per heavy atom. The fourth-order valence-corrected chi connectivity index (χ4v) is 3.77. The zero-order chi connectivity index (χ0) is 16.2. The predicted molar refractivity (Wildman–Crippen MR) is 94.1 cm³/mol. The minimum absolute atomic E-state index is 0.0595. The van der Waals surface area contributed by atoms with E-state index in [0.29, 0.717) is 11.0 Å². The number of aryl methyl sites for hydroxylation is 1. The van der Waals surface area contributed by atoms with Gasteiger partial charge >= 0.3 is 0 Å². The molecule has 1 N–H and O–H groups in total. The highest BCUT2D eigenvalue weighted by Gasteiger charge is 2.15. The van der Waals surface area contributed by atoms with Crippen LogP contribution in [0.3, 0.4) is 0 Å². The maximum absolute atomic E-state index is 11.5. The maximum atomic E-state index is 11.5. The third-order valence-electron chi connectivity index (χ3n) is 4.08. The van der Waals surface area contributed by atoms with Gasteiger partial charge in [-0.25, -0.2) is 4.98 Å². The number of benzene rings is 1. The van der Waals surface area contributed by atoms with Gasteiger partial charge in [0, 0.05) is 12.6 Å². The normalized spacial score (nSPS) is 15.4. The SMILES string of the molecule is CC(=O)c1sc(Nc2ccc(OC3CCCCC3)cc2)nc1C. The van der Waals surface area contributed by atoms with Gasteiger partial charge in [-0.3, -0.25) is 4.79 Å². The van der Waals surface area contributed by atoms with Gasteiger partial charge in [-0.2, -0.15) is 0 Å². The molecule has 122 valence electrons. The molecule has 23 heavy (non-hydrogen) atoms. The van der Waals surface area contributed by atoms with Crippen molar-refractivity contribution in [3.05, 3.63) is 34.8 Å². The first-order valence-electron chi connectivity index (χ1n) is 8.14. The van der Waals surface area contributed by atoms with E-state index in [1.54, 1.807) is 6.92 Å². The Balaban J connectivity index is 1.63. The van der Waals surface area contributed by atoms with Gasteiger partial charge in [0.25, 0.3) is 0 Å². The molecule has 0 radical (unpaired) electrons. The van der Waals surface area contributed by atoms with E-state index < -0.39 is 0 Å². The minimum atomic E-state index is 0.0595. The number of anilines is 2. The summed E-state index contributed by atoms with van der Waals surface area (Å²) in [5.41, 5.74) is 1.73. The summed E-state index contributed by atoms with van der Waals surface area (Å²) >= 11 is 1.39. The number of ketones is 1. The highest BCUT2D eigenvalue weighted by molar-refractivity contribution is 7.17. The van der Waals surface area contributed by atoms with Crippen molar-refractivity contribution >= 4 is 27.9 Å². The van der Waals surface area contributed by atoms with Gasteiger partial charge in [0.2, 0.25) is 0 Å². The fraction of sp³-hybridized carbons (Fsp3) is 0.444. The molecule has 1 aromatic carbocycles. The Morgan fingerprint density at radius 1 is 1.22 bits per heavy atom. The van der Waals surface area contributed by atoms with E-state index >= 15 is 0 Å². The van der Waals surface area contributed by atoms with Gasteiger partial charge in [-0.15, -0.1) is 0 Å². The summed E-state index contributed by atoms with van der Waals surface area (Å²) in [7, 11) is 0. The molecule has 0 amide bonds. The first kappa shape index (κ1) is 16.0. The molecule has 5 heteroatoms. The number of ether oxygens (including phenoxy) is 1. The molecule has 4 nitrogen and oxygen atoms in total. The average Bonchev–Trinajstić information content (AvgIpc) is 2.91. The molecule has 0 spiro atoms. The highest BCUT2D eigenvalue weighted by Crippen LogP contribution is 2.28. The second-order valence-electron chi connectivity index (χ2n) is 6.02. The molecule has 3 rings (SSSR count). The summed E-state index contributed by atoms with van der Waals surface area (Å²) in [4.78, 5) is 16.6. The summed E-state index contributed by atoms with van der Waals surface area (Å²) in [5, 5.41) is 3.99. The van der Waals surface area contributed by atoms with Crippen molar-refractivity contribution in [1.82, 2.24) is 4.98 Å². The van der Waals surface area contributed by atoms with Crippen LogP contribution in [0.15, 0.2) is 24.3 Å². The lowest BCUT2D eigenvalue weighted by molar-refractivity contribution is 0.102. The van der Waals surface area contributed by atoms with E-state index in [0.717, 1.165) is 35.1 Å². The van der Waals surface area contributed by atoms with Crippen LogP contribution >= 0.6 is 11.3 Å². The summed E-state index contributed by atoms with van der Waals surface area (Å²) in [5.74, 6) is 0.978. The molecular formula is C18H22N2O2S. The van der Waals surface area contributed by atoms with Crippen molar-refractivity contribution < 1.29 is 9.53 Å². The van der Waals surface area contributed by atoms with E-state index in [1.165, 1.54) is 30.6 Å². The predicted octanol–water partition coefficient (Wildman–Crippen LogP) is 5.11. The first-order valence-corrected chi connectivity index (χ1v) is 8.95. The molecule has 0 saturated heterocycles. The van der Waals surface area contributed by atoms with Crippen molar-refractivity contribution in [2.45, 2.75) is 52.1 Å². The van der Waals surface area contributed by atoms with Crippen LogP contribution in [0.2, 0.25) is 0 Å². The van der Waals surface area contributed by atoms with Gasteiger partial charge in [-0.05, 0) is 56.9 Å². The van der Waals surface area contributed by atoms with Crippen LogP contribution in [0.1, 0.15) is 54.4 Å². The largest absolute Gasteiger partial charge is 0.490 e. The van der Waals surface area contributed by atoms with Crippen LogP contribution < -0.4 is 10.1 Å². The molecule has 0 bridgehead atoms. The van der Waals surface area contributed by atoms with E-state index in [4.69, 9.17) is 4.74 Å². The summed E-state index contributed by atoms with van der Waals surface area (Å²) < 4.78 is 6.03. The number of aromatic nitrogens is 1. The second kappa shape index (κ2) is 7.13. The van der Waals surface area contributed by atoms with E-state index in [2.05, 4.69) is 10.3 Å². The summed E-state index contributed by atoms with van der Waals surface area (Å²) in [6, 6.07) is 7.96. The average molecular weight is 330 g/mol. The van der Waals surface area contributed by atoms with Gasteiger partial charge in [0.1, 0.15) is 5.75 Å². The number of rotatable bonds is 5. The molecule has 1 aliphatic rings. The van der Waals surface area contributed by atoms with Gasteiger partial charge in [0.05, 0.1) is 16.7 Å². The maximum Gasteiger partial charge on any atom is 0.188 e. The first-order chi connectivity index (χ1) is 11.1. The standard InChI is InChI=1S/C18H22N2O2S/c1-12-17(13(2)21)23-18(19-12)20-14-8-10-16(11-9-14)22-15-6-4-3-5-7-15/h8-11,15H,3-7H2,1-2H3,(H,19,20). The molecule has 0 unspecified atom stereocenters. The molecule has 1 fully saturated rings. The van der Waals surface area contributed by atoms with Crippen molar-refractivity contribution in [3.63, 3.8) is 0 Å². The number of nitrogens with zero attached hydrogens (tertiary/aromatic N) is 1. The highest BCUT2D eigenvalue weighted by atomic mass is 32.1. The molecule has 1 aromatic heterocycles. The van der Waals surface area contributed by atoms with Gasteiger partial charge in [-0.1, -0.05) is 17.8 Å². The third kappa shape index (κ3) is 4.10. The van der Waals surface area contributed by atoms with Crippen LogP contribution in [-0.2, 0) is 0 Å². The lowest BCUT2D eigenvalue weighted by atomic mass is 9.98. The monoisotopic (exact) mass is 330 g/mol. The molecule has 0 atom stereocenters. The van der Waals surface area contributed by atoms with E-state index in [9.17, 15) is 4.79 Å². The number of hydrogen-bond acceptors (Lipinski definition) is 5. The molecule has 1 aliphatic carbocycles. The Kier molecular flexibility index (Phi) is 4.96. The lowest BCUT2D eigenvalue weighted by Crippen LogP contribution is -2.19. The third-order valence-corrected chi connectivity index (χ3v) is 5.25. The van der Waals surface area contributed by atoms with Gasteiger partial charge in [0.15, 0.2) is 10.9 Å². The van der Waals surface area contributed by atoms with Crippen molar-refractivity contribution in [2.75, 3.05) is 5.32 Å². The Hall–Kier alpha value is -1.88. The van der Waals surface area contributed by atoms with E-state index in [1.807, 2.05) is 31.2 Å². The number of hydrogen-bond donors (Lipinski definition) is 1. The zero-order valence-electron chi connectivity index (χ0n) is 13.6. The number of carbonyl (C=O) groups is 1. The summed E-state index contributed by atoms with van der Waals surface area (Å²) in [6.45, 7) is 3.43. The Morgan fingerprint density at radius 2 is 1.91 bits per heavy atom. The topological polar surface area (TPSA) is 51.2 Å². The van der Waals surface area contributed by atoms with Crippen molar-refractivity contribution in [3.8, 4) is 5.75 Å². The molecule has 1 heterocycles. The smallest absolute Gasteiger partial charge is 0.188 e. The molecule has 0 aliphatic heterocycles. The lowest BCUT2D eigenvalue weighted by Gasteiger charge is -2.23. The second-order valence-corrected chi connectivity index (χ2v) is 7.02. The van der Waals surface area contributed by atoms with Crippen LogP contribution in [0, 0.1) is 6.92 Å². The van der Waals surface area contributed by atoms with Gasteiger partial charge < -0.3 is 10.1 Å². The number of thiazole rings is 1. The zero-order valence-corrected chi connectivity index (χ0v) is 14.4. The Labute approximate surface area is 140 Å². The molecule has 1 saturated carbocycles.